The van der Waals surface area contributed by atoms with Crippen LogP contribution in [0.4, 0.5) is 0 Å². The third-order valence-corrected chi connectivity index (χ3v) is 6.67. The summed E-state index contributed by atoms with van der Waals surface area (Å²) in [5.74, 6) is 0. The van der Waals surface area contributed by atoms with Gasteiger partial charge in [0.2, 0.25) is 0 Å². The standard InChI is InChI=1S/C15H34ClNOSi/c1-14(2,3)17-19(13-16)12-10-8-7-9-11-18-15(4,5)6/h17,19H,7-13H2,1-6H3. The number of nitrogens with one attached hydrogen (secondary N) is 1. The third-order valence-electron chi connectivity index (χ3n) is 2.81. The van der Waals surface area contributed by atoms with Crippen LogP contribution in [-0.4, -0.2) is 32.2 Å². The van der Waals surface area contributed by atoms with E-state index in [1.54, 1.807) is 0 Å². The second-order valence-corrected chi connectivity index (χ2v) is 10.9. The first-order valence-corrected chi connectivity index (χ1v) is 10.4. The number of rotatable bonds is 9. The van der Waals surface area contributed by atoms with E-state index in [1.807, 2.05) is 0 Å². The molecule has 4 heteroatoms. The Kier molecular flexibility index (Phi) is 9.59. The lowest BCUT2D eigenvalue weighted by molar-refractivity contribution is -0.00471. The van der Waals surface area contributed by atoms with Crippen LogP contribution in [0.25, 0.3) is 0 Å². The summed E-state index contributed by atoms with van der Waals surface area (Å²) in [6.07, 6.45) is 5.06. The molecule has 0 aliphatic heterocycles. The van der Waals surface area contributed by atoms with E-state index >= 15 is 0 Å². The lowest BCUT2D eigenvalue weighted by Gasteiger charge is -2.26. The van der Waals surface area contributed by atoms with Crippen LogP contribution in [0.1, 0.15) is 67.2 Å². The van der Waals surface area contributed by atoms with Gasteiger partial charge in [0.1, 0.15) is 8.96 Å². The molecule has 116 valence electrons. The van der Waals surface area contributed by atoms with Crippen molar-refractivity contribution in [1.82, 2.24) is 4.98 Å². The van der Waals surface area contributed by atoms with Crippen LogP contribution in [0.5, 0.6) is 0 Å². The third kappa shape index (κ3) is 14.6. The number of alkyl halides is 1. The summed E-state index contributed by atoms with van der Waals surface area (Å²) in [7, 11) is -0.940. The van der Waals surface area contributed by atoms with Crippen LogP contribution in [0.2, 0.25) is 6.04 Å². The molecular weight excluding hydrogens is 274 g/mol. The van der Waals surface area contributed by atoms with Crippen molar-refractivity contribution in [3.63, 3.8) is 0 Å². The molecule has 0 aromatic carbocycles. The van der Waals surface area contributed by atoms with Crippen molar-refractivity contribution < 1.29 is 4.74 Å². The van der Waals surface area contributed by atoms with Gasteiger partial charge in [0.25, 0.3) is 0 Å². The second kappa shape index (κ2) is 9.38. The number of unbranched alkanes of at least 4 members (excludes halogenated alkanes) is 3. The zero-order valence-electron chi connectivity index (χ0n) is 13.8. The summed E-state index contributed by atoms with van der Waals surface area (Å²) in [4.78, 5) is 3.71. The highest BCUT2D eigenvalue weighted by atomic mass is 35.5. The predicted molar refractivity (Wildman–Crippen MR) is 89.7 cm³/mol. The normalized spacial score (nSPS) is 14.7. The SMILES string of the molecule is CC(C)(C)N[SiH](CCl)CCCCCCOC(C)(C)C. The zero-order valence-corrected chi connectivity index (χ0v) is 15.7. The van der Waals surface area contributed by atoms with Gasteiger partial charge in [-0.1, -0.05) is 19.3 Å². The molecule has 0 aliphatic rings. The van der Waals surface area contributed by atoms with Crippen molar-refractivity contribution in [1.29, 1.82) is 0 Å². The van der Waals surface area contributed by atoms with Crippen LogP contribution in [0.15, 0.2) is 0 Å². The first-order chi connectivity index (χ1) is 8.64. The molecule has 0 rings (SSSR count). The highest BCUT2D eigenvalue weighted by Crippen LogP contribution is 2.11. The predicted octanol–water partition coefficient (Wildman–Crippen LogP) is 4.25. The van der Waals surface area contributed by atoms with E-state index < -0.39 is 8.96 Å². The van der Waals surface area contributed by atoms with Gasteiger partial charge < -0.3 is 9.72 Å². The molecule has 19 heavy (non-hydrogen) atoms. The average molecular weight is 308 g/mol. The van der Waals surface area contributed by atoms with E-state index in [4.69, 9.17) is 16.3 Å². The molecule has 0 saturated heterocycles. The molecule has 0 radical (unpaired) electrons. The largest absolute Gasteiger partial charge is 0.376 e. The van der Waals surface area contributed by atoms with Gasteiger partial charge in [-0.3, -0.25) is 0 Å². The van der Waals surface area contributed by atoms with Crippen molar-refractivity contribution in [3.8, 4) is 0 Å². The number of hydrogen-bond acceptors (Lipinski definition) is 2. The van der Waals surface area contributed by atoms with Crippen molar-refractivity contribution in [2.45, 2.75) is 84.4 Å². The molecular formula is C15H34ClNOSi. The van der Waals surface area contributed by atoms with Crippen molar-refractivity contribution in [2.75, 3.05) is 12.1 Å². The fraction of sp³-hybridized carbons (Fsp3) is 1.00. The highest BCUT2D eigenvalue weighted by molar-refractivity contribution is 6.65. The summed E-state index contributed by atoms with van der Waals surface area (Å²) in [6, 6.07) is 1.31. The van der Waals surface area contributed by atoms with Crippen molar-refractivity contribution in [3.05, 3.63) is 0 Å². The van der Waals surface area contributed by atoms with E-state index in [-0.39, 0.29) is 11.1 Å². The van der Waals surface area contributed by atoms with Gasteiger partial charge in [-0.25, -0.2) is 0 Å². The molecule has 1 N–H and O–H groups in total. The average Bonchev–Trinajstić information content (AvgIpc) is 2.23. The van der Waals surface area contributed by atoms with Gasteiger partial charge in [0.05, 0.1) is 5.60 Å². The van der Waals surface area contributed by atoms with Crippen LogP contribution in [0, 0.1) is 0 Å². The van der Waals surface area contributed by atoms with E-state index in [1.165, 1.54) is 31.7 Å². The van der Waals surface area contributed by atoms with Gasteiger partial charge in [-0.2, -0.15) is 0 Å². The second-order valence-electron chi connectivity index (χ2n) is 7.41. The number of ether oxygens (including phenoxy) is 1. The van der Waals surface area contributed by atoms with Gasteiger partial charge in [-0.05, 0) is 54.0 Å². The fourth-order valence-corrected chi connectivity index (χ4v) is 5.10. The van der Waals surface area contributed by atoms with Gasteiger partial charge in [0.15, 0.2) is 0 Å². The maximum atomic E-state index is 6.07. The van der Waals surface area contributed by atoms with E-state index in [0.29, 0.717) is 0 Å². The quantitative estimate of drug-likeness (QED) is 0.390. The van der Waals surface area contributed by atoms with E-state index in [9.17, 15) is 0 Å². The summed E-state index contributed by atoms with van der Waals surface area (Å²) >= 11 is 6.07. The van der Waals surface area contributed by atoms with Gasteiger partial charge in [-0.15, -0.1) is 11.6 Å². The van der Waals surface area contributed by atoms with Crippen molar-refractivity contribution in [2.24, 2.45) is 0 Å². The zero-order chi connectivity index (χ0) is 14.9. The molecule has 2 nitrogen and oxygen atoms in total. The Bertz CT molecular complexity index is 223. The van der Waals surface area contributed by atoms with E-state index in [2.05, 4.69) is 46.5 Å². The van der Waals surface area contributed by atoms with Crippen LogP contribution < -0.4 is 4.98 Å². The summed E-state index contributed by atoms with van der Waals surface area (Å²) in [5.41, 5.74) is 1.06. The fourth-order valence-electron chi connectivity index (χ4n) is 2.02. The molecule has 1 atom stereocenters. The van der Waals surface area contributed by atoms with Gasteiger partial charge >= 0.3 is 0 Å². The Morgan fingerprint density at radius 3 is 2.00 bits per heavy atom. The number of halogens is 1. The lowest BCUT2D eigenvalue weighted by atomic mass is 10.1. The molecule has 1 unspecified atom stereocenters. The first-order valence-electron chi connectivity index (χ1n) is 7.62. The lowest BCUT2D eigenvalue weighted by Crippen LogP contribution is -2.48. The molecule has 0 saturated carbocycles. The van der Waals surface area contributed by atoms with Crippen LogP contribution >= 0.6 is 11.6 Å². The monoisotopic (exact) mass is 307 g/mol. The molecule has 0 heterocycles. The molecule has 0 amide bonds. The molecule has 0 bridgehead atoms. The Balaban J connectivity index is 3.52. The topological polar surface area (TPSA) is 21.3 Å². The Labute approximate surface area is 127 Å². The first kappa shape index (κ1) is 19.4. The molecule has 0 aromatic rings. The summed E-state index contributed by atoms with van der Waals surface area (Å²) in [5, 5.41) is 0. The van der Waals surface area contributed by atoms with Gasteiger partial charge in [0, 0.05) is 17.6 Å². The van der Waals surface area contributed by atoms with Crippen LogP contribution in [-0.2, 0) is 4.74 Å². The minimum Gasteiger partial charge on any atom is -0.376 e. The minimum absolute atomic E-state index is 0.00720. The summed E-state index contributed by atoms with van der Waals surface area (Å²) in [6.45, 7) is 13.9. The molecule has 0 spiro atoms. The number of hydrogen-bond donors (Lipinski definition) is 1. The maximum absolute atomic E-state index is 6.07. The smallest absolute Gasteiger partial charge is 0.124 e. The Morgan fingerprint density at radius 1 is 0.947 bits per heavy atom. The Hall–Kier alpha value is 0.427. The molecule has 0 aromatic heterocycles. The highest BCUT2D eigenvalue weighted by Gasteiger charge is 2.17. The summed E-state index contributed by atoms with van der Waals surface area (Å²) < 4.78 is 5.72. The van der Waals surface area contributed by atoms with E-state index in [0.717, 1.165) is 12.1 Å². The van der Waals surface area contributed by atoms with Crippen LogP contribution in [0.3, 0.4) is 0 Å². The minimum atomic E-state index is -0.940. The van der Waals surface area contributed by atoms with Crippen molar-refractivity contribution >= 4 is 20.6 Å². The Morgan fingerprint density at radius 2 is 1.53 bits per heavy atom. The maximum Gasteiger partial charge on any atom is 0.124 e. The molecule has 0 fully saturated rings. The molecule has 0 aliphatic carbocycles.